The van der Waals surface area contributed by atoms with E-state index in [1.807, 2.05) is 0 Å². The lowest BCUT2D eigenvalue weighted by Gasteiger charge is -2.22. The van der Waals surface area contributed by atoms with Crippen LogP contribution >= 0.6 is 0 Å². The smallest absolute Gasteiger partial charge is 0.0672 e. The summed E-state index contributed by atoms with van der Waals surface area (Å²) in [5.41, 5.74) is 0. The maximum Gasteiger partial charge on any atom is 0.0672 e. The molecule has 0 bridgehead atoms. The van der Waals surface area contributed by atoms with Crippen LogP contribution in [0.2, 0.25) is 0 Å². The second-order valence-electron chi connectivity index (χ2n) is 5.01. The number of rotatable bonds is 5. The Kier molecular flexibility index (Phi) is 6.44. The monoisotopic (exact) mass is 224 g/mol. The first-order valence-electron chi connectivity index (χ1n) is 6.51. The van der Waals surface area contributed by atoms with E-state index in [1.165, 1.54) is 19.3 Å². The van der Waals surface area contributed by atoms with Gasteiger partial charge in [-0.2, -0.15) is 5.26 Å². The summed E-state index contributed by atoms with van der Waals surface area (Å²) >= 11 is 0. The van der Waals surface area contributed by atoms with E-state index >= 15 is 0 Å². The van der Waals surface area contributed by atoms with Crippen LogP contribution in [0.25, 0.3) is 0 Å². The van der Waals surface area contributed by atoms with Crippen LogP contribution in [0, 0.1) is 23.2 Å². The third-order valence-corrected chi connectivity index (χ3v) is 3.53. The van der Waals surface area contributed by atoms with Gasteiger partial charge in [0, 0.05) is 12.6 Å². The highest BCUT2D eigenvalue weighted by Gasteiger charge is 2.23. The zero-order valence-corrected chi connectivity index (χ0v) is 10.3. The second kappa shape index (κ2) is 7.65. The van der Waals surface area contributed by atoms with Gasteiger partial charge in [-0.25, -0.2) is 0 Å². The van der Waals surface area contributed by atoms with E-state index in [0.29, 0.717) is 12.0 Å². The largest absolute Gasteiger partial charge is 0.396 e. The van der Waals surface area contributed by atoms with Gasteiger partial charge in [-0.1, -0.05) is 26.2 Å². The van der Waals surface area contributed by atoms with Gasteiger partial charge in [0.15, 0.2) is 0 Å². The highest BCUT2D eigenvalue weighted by Crippen LogP contribution is 2.23. The molecular weight excluding hydrogens is 200 g/mol. The molecule has 1 aliphatic carbocycles. The number of aliphatic hydroxyl groups is 1. The molecule has 0 aromatic rings. The maximum absolute atomic E-state index is 9.13. The molecule has 3 nitrogen and oxygen atoms in total. The molecule has 1 saturated carbocycles. The zero-order valence-electron chi connectivity index (χ0n) is 10.3. The van der Waals surface area contributed by atoms with E-state index in [4.69, 9.17) is 10.4 Å². The predicted octanol–water partition coefficient (Wildman–Crippen LogP) is 2.07. The molecule has 3 unspecified atom stereocenters. The molecule has 1 fully saturated rings. The molecular formula is C13H24N2O. The van der Waals surface area contributed by atoms with Gasteiger partial charge < -0.3 is 10.4 Å². The molecule has 3 heteroatoms. The number of nitriles is 1. The molecule has 0 spiro atoms. The quantitative estimate of drug-likeness (QED) is 0.703. The van der Waals surface area contributed by atoms with E-state index in [-0.39, 0.29) is 12.5 Å². The van der Waals surface area contributed by atoms with Crippen molar-refractivity contribution in [1.29, 1.82) is 5.26 Å². The number of hydrogen-bond acceptors (Lipinski definition) is 3. The SMILES string of the molecule is CC(CCO)CNC1CCCCCC1C#N. The number of nitrogens with zero attached hydrogens (tertiary/aromatic N) is 1. The highest BCUT2D eigenvalue weighted by molar-refractivity contribution is 4.93. The summed E-state index contributed by atoms with van der Waals surface area (Å²) in [5, 5.41) is 21.5. The minimum Gasteiger partial charge on any atom is -0.396 e. The van der Waals surface area contributed by atoms with Crippen LogP contribution in [0.4, 0.5) is 0 Å². The van der Waals surface area contributed by atoms with Gasteiger partial charge in [0.1, 0.15) is 0 Å². The van der Waals surface area contributed by atoms with Crippen molar-refractivity contribution < 1.29 is 5.11 Å². The van der Waals surface area contributed by atoms with Crippen molar-refractivity contribution in [3.63, 3.8) is 0 Å². The third-order valence-electron chi connectivity index (χ3n) is 3.53. The Morgan fingerprint density at radius 3 is 2.81 bits per heavy atom. The number of nitrogens with one attached hydrogen (secondary N) is 1. The topological polar surface area (TPSA) is 56.0 Å². The normalized spacial score (nSPS) is 28.1. The fraction of sp³-hybridized carbons (Fsp3) is 0.923. The Bertz CT molecular complexity index is 224. The number of aliphatic hydroxyl groups excluding tert-OH is 1. The molecule has 1 rings (SSSR count). The minimum absolute atomic E-state index is 0.184. The van der Waals surface area contributed by atoms with Gasteiger partial charge in [-0.15, -0.1) is 0 Å². The summed E-state index contributed by atoms with van der Waals surface area (Å²) in [7, 11) is 0. The van der Waals surface area contributed by atoms with E-state index < -0.39 is 0 Å². The van der Waals surface area contributed by atoms with Crippen molar-refractivity contribution in [1.82, 2.24) is 5.32 Å². The molecule has 0 heterocycles. The van der Waals surface area contributed by atoms with Crippen LogP contribution in [-0.2, 0) is 0 Å². The molecule has 2 N–H and O–H groups in total. The maximum atomic E-state index is 9.13. The third kappa shape index (κ3) is 4.51. The first-order valence-corrected chi connectivity index (χ1v) is 6.51. The molecule has 16 heavy (non-hydrogen) atoms. The molecule has 92 valence electrons. The highest BCUT2D eigenvalue weighted by atomic mass is 16.3. The van der Waals surface area contributed by atoms with E-state index in [0.717, 1.165) is 25.8 Å². The predicted molar refractivity (Wildman–Crippen MR) is 64.8 cm³/mol. The molecule has 0 radical (unpaired) electrons. The van der Waals surface area contributed by atoms with Gasteiger partial charge in [0.05, 0.1) is 12.0 Å². The second-order valence-corrected chi connectivity index (χ2v) is 5.01. The lowest BCUT2D eigenvalue weighted by molar-refractivity contribution is 0.254. The fourth-order valence-corrected chi connectivity index (χ4v) is 2.38. The van der Waals surface area contributed by atoms with Gasteiger partial charge in [0.2, 0.25) is 0 Å². The molecule has 3 atom stereocenters. The summed E-state index contributed by atoms with van der Waals surface area (Å²) in [6, 6.07) is 2.81. The molecule has 0 amide bonds. The fourth-order valence-electron chi connectivity index (χ4n) is 2.38. The first-order chi connectivity index (χ1) is 7.77. The Morgan fingerprint density at radius 1 is 1.38 bits per heavy atom. The van der Waals surface area contributed by atoms with Crippen LogP contribution in [-0.4, -0.2) is 24.3 Å². The molecule has 1 aliphatic rings. The van der Waals surface area contributed by atoms with Crippen LogP contribution in [0.5, 0.6) is 0 Å². The van der Waals surface area contributed by atoms with Crippen molar-refractivity contribution >= 4 is 0 Å². The van der Waals surface area contributed by atoms with Crippen molar-refractivity contribution in [2.45, 2.75) is 51.5 Å². The van der Waals surface area contributed by atoms with Gasteiger partial charge in [-0.05, 0) is 31.7 Å². The Labute approximate surface area is 98.8 Å². The summed E-state index contributed by atoms with van der Waals surface area (Å²) in [5.74, 6) is 0.677. The van der Waals surface area contributed by atoms with Crippen LogP contribution in [0.1, 0.15) is 45.4 Å². The minimum atomic E-state index is 0.184. The van der Waals surface area contributed by atoms with Crippen LogP contribution in [0.3, 0.4) is 0 Å². The lowest BCUT2D eigenvalue weighted by Crippen LogP contribution is -2.37. The summed E-state index contributed by atoms with van der Waals surface area (Å²) < 4.78 is 0. The van der Waals surface area contributed by atoms with Gasteiger partial charge in [-0.3, -0.25) is 0 Å². The molecule has 0 aliphatic heterocycles. The summed E-state index contributed by atoms with van der Waals surface area (Å²) in [6.45, 7) is 3.32. The lowest BCUT2D eigenvalue weighted by atomic mass is 9.95. The Morgan fingerprint density at radius 2 is 2.12 bits per heavy atom. The van der Waals surface area contributed by atoms with E-state index in [2.05, 4.69) is 18.3 Å². The summed E-state index contributed by atoms with van der Waals surface area (Å²) in [4.78, 5) is 0. The van der Waals surface area contributed by atoms with Crippen molar-refractivity contribution in [3.05, 3.63) is 0 Å². The van der Waals surface area contributed by atoms with Crippen molar-refractivity contribution in [3.8, 4) is 6.07 Å². The van der Waals surface area contributed by atoms with Crippen LogP contribution in [0.15, 0.2) is 0 Å². The van der Waals surface area contributed by atoms with Crippen molar-refractivity contribution in [2.75, 3.05) is 13.2 Å². The number of hydrogen-bond donors (Lipinski definition) is 2. The van der Waals surface area contributed by atoms with Crippen LogP contribution < -0.4 is 5.32 Å². The standard InChI is InChI=1S/C13H24N2O/c1-11(7-8-16)10-15-13-6-4-2-3-5-12(13)9-14/h11-13,15-16H,2-8,10H2,1H3. The Hall–Kier alpha value is -0.590. The molecule has 0 aromatic heterocycles. The zero-order chi connectivity index (χ0) is 11.8. The van der Waals surface area contributed by atoms with E-state index in [9.17, 15) is 0 Å². The first kappa shape index (κ1) is 13.5. The van der Waals surface area contributed by atoms with E-state index in [1.54, 1.807) is 0 Å². The summed E-state index contributed by atoms with van der Waals surface area (Å²) in [6.07, 6.45) is 6.72. The average Bonchev–Trinajstić information content (AvgIpc) is 2.51. The molecule has 0 aromatic carbocycles. The van der Waals surface area contributed by atoms with Gasteiger partial charge in [0.25, 0.3) is 0 Å². The molecule has 0 saturated heterocycles. The van der Waals surface area contributed by atoms with Gasteiger partial charge >= 0.3 is 0 Å². The Balaban J connectivity index is 2.34. The average molecular weight is 224 g/mol. The van der Waals surface area contributed by atoms with Crippen molar-refractivity contribution in [2.24, 2.45) is 11.8 Å².